The summed E-state index contributed by atoms with van der Waals surface area (Å²) >= 11 is 1.74. The van der Waals surface area contributed by atoms with Crippen molar-refractivity contribution in [3.63, 3.8) is 0 Å². The largest absolute Gasteiger partial charge is 0.308 e. The maximum atomic E-state index is 5.47. The van der Waals surface area contributed by atoms with Crippen LogP contribution in [0.25, 0.3) is 0 Å². The number of benzene rings is 1. The minimum Gasteiger partial charge on any atom is -0.308 e. The molecule has 1 saturated carbocycles. The first-order valence-electron chi connectivity index (χ1n) is 6.37. The molecule has 3 rings (SSSR count). The van der Waals surface area contributed by atoms with Crippen molar-refractivity contribution in [3.05, 3.63) is 47.9 Å². The SMILES string of the molecule is NNc1cc(C2CC2)nc(CSc2ccccc2)n1. The zero-order valence-corrected chi connectivity index (χ0v) is 11.4. The lowest BCUT2D eigenvalue weighted by atomic mass is 10.3. The van der Waals surface area contributed by atoms with E-state index in [4.69, 9.17) is 5.84 Å². The standard InChI is InChI=1S/C14H16N4S/c15-18-13-8-12(10-6-7-10)16-14(17-13)9-19-11-4-2-1-3-5-11/h1-5,8,10H,6-7,9,15H2,(H,16,17,18). The van der Waals surface area contributed by atoms with Crippen LogP contribution in [0.3, 0.4) is 0 Å². The average molecular weight is 272 g/mol. The Hall–Kier alpha value is -1.59. The van der Waals surface area contributed by atoms with Crippen LogP contribution in [0.4, 0.5) is 5.82 Å². The predicted molar refractivity (Wildman–Crippen MR) is 77.8 cm³/mol. The average Bonchev–Trinajstić information content (AvgIpc) is 3.30. The third-order valence-corrected chi connectivity index (χ3v) is 4.05. The van der Waals surface area contributed by atoms with Gasteiger partial charge in [0, 0.05) is 22.6 Å². The first kappa shape index (κ1) is 12.4. The van der Waals surface area contributed by atoms with E-state index in [9.17, 15) is 0 Å². The number of nitrogens with two attached hydrogens (primary N) is 1. The molecule has 19 heavy (non-hydrogen) atoms. The highest BCUT2D eigenvalue weighted by Crippen LogP contribution is 2.39. The molecule has 0 saturated heterocycles. The predicted octanol–water partition coefficient (Wildman–Crippen LogP) is 2.93. The van der Waals surface area contributed by atoms with Crippen molar-refractivity contribution in [2.24, 2.45) is 5.84 Å². The summed E-state index contributed by atoms with van der Waals surface area (Å²) in [5.74, 6) is 8.39. The van der Waals surface area contributed by atoms with Crippen molar-refractivity contribution in [1.29, 1.82) is 0 Å². The lowest BCUT2D eigenvalue weighted by Crippen LogP contribution is -2.11. The van der Waals surface area contributed by atoms with Crippen molar-refractivity contribution < 1.29 is 0 Å². The van der Waals surface area contributed by atoms with Crippen LogP contribution in [-0.2, 0) is 5.75 Å². The van der Waals surface area contributed by atoms with Gasteiger partial charge in [-0.1, -0.05) is 18.2 Å². The fraction of sp³-hybridized carbons (Fsp3) is 0.286. The van der Waals surface area contributed by atoms with E-state index < -0.39 is 0 Å². The van der Waals surface area contributed by atoms with Crippen molar-refractivity contribution in [2.75, 3.05) is 5.43 Å². The third kappa shape index (κ3) is 3.24. The highest BCUT2D eigenvalue weighted by molar-refractivity contribution is 7.98. The molecule has 0 amide bonds. The summed E-state index contributed by atoms with van der Waals surface area (Å²) in [4.78, 5) is 10.3. The second-order valence-electron chi connectivity index (χ2n) is 4.61. The van der Waals surface area contributed by atoms with Crippen LogP contribution in [0.5, 0.6) is 0 Å². The highest BCUT2D eigenvalue weighted by atomic mass is 32.2. The Morgan fingerprint density at radius 1 is 1.21 bits per heavy atom. The Balaban J connectivity index is 1.74. The number of anilines is 1. The first-order valence-corrected chi connectivity index (χ1v) is 7.36. The molecule has 1 fully saturated rings. The second kappa shape index (κ2) is 5.59. The normalized spacial score (nSPS) is 14.4. The van der Waals surface area contributed by atoms with Gasteiger partial charge in [0.05, 0.1) is 5.75 Å². The minimum absolute atomic E-state index is 0.607. The number of rotatable bonds is 5. The zero-order valence-electron chi connectivity index (χ0n) is 10.5. The fourth-order valence-electron chi connectivity index (χ4n) is 1.91. The molecule has 1 aliphatic rings. The Kier molecular flexibility index (Phi) is 3.66. The van der Waals surface area contributed by atoms with Crippen molar-refractivity contribution in [1.82, 2.24) is 9.97 Å². The maximum Gasteiger partial charge on any atom is 0.143 e. The number of hydrogen-bond acceptors (Lipinski definition) is 5. The zero-order chi connectivity index (χ0) is 13.1. The van der Waals surface area contributed by atoms with E-state index in [1.54, 1.807) is 11.8 Å². The number of aromatic nitrogens is 2. The molecule has 0 unspecified atom stereocenters. The van der Waals surface area contributed by atoms with Crippen LogP contribution < -0.4 is 11.3 Å². The van der Waals surface area contributed by atoms with Crippen LogP contribution >= 0.6 is 11.8 Å². The summed E-state index contributed by atoms with van der Waals surface area (Å²) in [6.07, 6.45) is 2.46. The maximum absolute atomic E-state index is 5.47. The number of hydrogen-bond donors (Lipinski definition) is 2. The fourth-order valence-corrected chi connectivity index (χ4v) is 2.68. The van der Waals surface area contributed by atoms with Gasteiger partial charge >= 0.3 is 0 Å². The molecular formula is C14H16N4S. The first-order chi connectivity index (χ1) is 9.35. The summed E-state index contributed by atoms with van der Waals surface area (Å²) in [5.41, 5.74) is 3.75. The Bertz CT molecular complexity index is 555. The molecule has 2 aromatic rings. The van der Waals surface area contributed by atoms with Crippen LogP contribution in [0.2, 0.25) is 0 Å². The van der Waals surface area contributed by atoms with Gasteiger partial charge in [0.25, 0.3) is 0 Å². The summed E-state index contributed by atoms with van der Waals surface area (Å²) in [6, 6.07) is 12.2. The smallest absolute Gasteiger partial charge is 0.143 e. The summed E-state index contributed by atoms with van der Waals surface area (Å²) in [5, 5.41) is 0. The topological polar surface area (TPSA) is 63.8 Å². The highest BCUT2D eigenvalue weighted by Gasteiger charge is 2.26. The van der Waals surface area contributed by atoms with Gasteiger partial charge in [0.15, 0.2) is 0 Å². The molecule has 5 heteroatoms. The summed E-state index contributed by atoms with van der Waals surface area (Å²) in [6.45, 7) is 0. The molecule has 98 valence electrons. The van der Waals surface area contributed by atoms with Crippen LogP contribution in [0.15, 0.2) is 41.3 Å². The molecule has 0 aliphatic heterocycles. The van der Waals surface area contributed by atoms with Crippen LogP contribution in [0, 0.1) is 0 Å². The van der Waals surface area contributed by atoms with E-state index in [-0.39, 0.29) is 0 Å². The van der Waals surface area contributed by atoms with Gasteiger partial charge in [-0.2, -0.15) is 0 Å². The molecule has 0 radical (unpaired) electrons. The van der Waals surface area contributed by atoms with Crippen molar-refractivity contribution in [2.45, 2.75) is 29.4 Å². The van der Waals surface area contributed by atoms with E-state index in [1.807, 2.05) is 24.3 Å². The summed E-state index contributed by atoms with van der Waals surface area (Å²) in [7, 11) is 0. The second-order valence-corrected chi connectivity index (χ2v) is 5.66. The number of nitrogens with zero attached hydrogens (tertiary/aromatic N) is 2. The molecule has 1 aromatic carbocycles. The molecule has 3 N–H and O–H groups in total. The van der Waals surface area contributed by atoms with E-state index in [1.165, 1.54) is 17.7 Å². The molecule has 0 atom stereocenters. The van der Waals surface area contributed by atoms with Gasteiger partial charge in [0.2, 0.25) is 0 Å². The molecule has 1 aliphatic carbocycles. The van der Waals surface area contributed by atoms with Gasteiger partial charge in [-0.25, -0.2) is 15.8 Å². The van der Waals surface area contributed by atoms with Gasteiger partial charge in [-0.3, -0.25) is 0 Å². The molecule has 1 aromatic heterocycles. The van der Waals surface area contributed by atoms with Crippen LogP contribution in [-0.4, -0.2) is 9.97 Å². The lowest BCUT2D eigenvalue weighted by molar-refractivity contribution is 0.930. The monoisotopic (exact) mass is 272 g/mol. The number of nitrogen functional groups attached to an aromatic ring is 1. The quantitative estimate of drug-likeness (QED) is 0.498. The summed E-state index contributed by atoms with van der Waals surface area (Å²) < 4.78 is 0. The van der Waals surface area contributed by atoms with Gasteiger partial charge in [-0.15, -0.1) is 11.8 Å². The number of thioether (sulfide) groups is 1. The molecular weight excluding hydrogens is 256 g/mol. The van der Waals surface area contributed by atoms with E-state index in [0.717, 1.165) is 17.3 Å². The van der Waals surface area contributed by atoms with Gasteiger partial charge < -0.3 is 5.43 Å². The van der Waals surface area contributed by atoms with E-state index >= 15 is 0 Å². The number of hydrazine groups is 1. The minimum atomic E-state index is 0.607. The van der Waals surface area contributed by atoms with Crippen molar-refractivity contribution >= 4 is 17.6 Å². The Morgan fingerprint density at radius 3 is 2.68 bits per heavy atom. The molecule has 0 bridgehead atoms. The third-order valence-electron chi connectivity index (χ3n) is 3.05. The van der Waals surface area contributed by atoms with Gasteiger partial charge in [0.1, 0.15) is 11.6 Å². The molecule has 1 heterocycles. The lowest BCUT2D eigenvalue weighted by Gasteiger charge is -2.07. The van der Waals surface area contributed by atoms with Gasteiger partial charge in [-0.05, 0) is 25.0 Å². The Morgan fingerprint density at radius 2 is 2.00 bits per heavy atom. The Labute approximate surface area is 116 Å². The molecule has 4 nitrogen and oxygen atoms in total. The van der Waals surface area contributed by atoms with Crippen molar-refractivity contribution in [3.8, 4) is 0 Å². The molecule has 0 spiro atoms. The van der Waals surface area contributed by atoms with Crippen LogP contribution in [0.1, 0.15) is 30.3 Å². The van der Waals surface area contributed by atoms with E-state index in [0.29, 0.717) is 11.7 Å². The number of nitrogens with one attached hydrogen (secondary N) is 1. The van der Waals surface area contributed by atoms with E-state index in [2.05, 4.69) is 27.5 Å².